The molecule has 0 amide bonds. The molecule has 0 atom stereocenters. The standard InChI is InChI=1S/C24H24N2O4S/c1-18-9-11-19(12-10-18)15-26(16-21-8-5-13-30-21)24(25-14-23(28)29)31-17-22(27)20-6-3-2-4-7-20/h2-13H,14-17H2,1H3,(H,28,29)/b25-24-. The lowest BCUT2D eigenvalue weighted by molar-refractivity contribution is -0.135. The topological polar surface area (TPSA) is 83.1 Å². The average molecular weight is 437 g/mol. The lowest BCUT2D eigenvalue weighted by Crippen LogP contribution is -2.29. The molecule has 0 unspecified atom stereocenters. The number of carboxylic acids is 1. The fraction of sp³-hybridized carbons (Fsp3) is 0.208. The average Bonchev–Trinajstić information content (AvgIpc) is 3.28. The van der Waals surface area contributed by atoms with Gasteiger partial charge in [0.1, 0.15) is 12.3 Å². The molecule has 0 fully saturated rings. The van der Waals surface area contributed by atoms with Crippen LogP contribution in [-0.4, -0.2) is 39.2 Å². The van der Waals surface area contributed by atoms with E-state index in [0.717, 1.165) is 16.9 Å². The minimum Gasteiger partial charge on any atom is -0.480 e. The molecule has 0 bridgehead atoms. The zero-order valence-corrected chi connectivity index (χ0v) is 18.0. The smallest absolute Gasteiger partial charge is 0.325 e. The van der Waals surface area contributed by atoms with Crippen LogP contribution in [0.2, 0.25) is 0 Å². The highest BCUT2D eigenvalue weighted by Gasteiger charge is 2.18. The summed E-state index contributed by atoms with van der Waals surface area (Å²) in [5.41, 5.74) is 2.82. The molecule has 1 heterocycles. The lowest BCUT2D eigenvalue weighted by Gasteiger charge is -2.25. The van der Waals surface area contributed by atoms with Crippen molar-refractivity contribution >= 4 is 28.7 Å². The monoisotopic (exact) mass is 436 g/mol. The summed E-state index contributed by atoms with van der Waals surface area (Å²) in [4.78, 5) is 30.0. The Labute approximate surface area is 185 Å². The van der Waals surface area contributed by atoms with Crippen molar-refractivity contribution in [2.75, 3.05) is 12.3 Å². The van der Waals surface area contributed by atoms with Crippen LogP contribution in [0.4, 0.5) is 0 Å². The van der Waals surface area contributed by atoms with Gasteiger partial charge in [-0.3, -0.25) is 14.6 Å². The van der Waals surface area contributed by atoms with Crippen molar-refractivity contribution in [1.82, 2.24) is 4.90 Å². The highest BCUT2D eigenvalue weighted by molar-refractivity contribution is 8.14. The Morgan fingerprint density at radius 3 is 2.39 bits per heavy atom. The van der Waals surface area contributed by atoms with Crippen LogP contribution in [0.1, 0.15) is 27.2 Å². The van der Waals surface area contributed by atoms with Gasteiger partial charge < -0.3 is 14.4 Å². The maximum atomic E-state index is 12.6. The second-order valence-electron chi connectivity index (χ2n) is 6.99. The molecule has 0 spiro atoms. The molecule has 0 aliphatic rings. The summed E-state index contributed by atoms with van der Waals surface area (Å²) in [5, 5.41) is 9.65. The third-order valence-corrected chi connectivity index (χ3v) is 5.52. The highest BCUT2D eigenvalue weighted by atomic mass is 32.2. The van der Waals surface area contributed by atoms with E-state index >= 15 is 0 Å². The number of thioether (sulfide) groups is 1. The lowest BCUT2D eigenvalue weighted by atomic mass is 10.1. The van der Waals surface area contributed by atoms with Crippen LogP contribution in [0.3, 0.4) is 0 Å². The molecule has 1 aromatic heterocycles. The number of carboxylic acid groups (broad SMARTS) is 1. The summed E-state index contributed by atoms with van der Waals surface area (Å²) in [6.45, 7) is 2.57. The van der Waals surface area contributed by atoms with E-state index in [0.29, 0.717) is 23.8 Å². The second kappa shape index (κ2) is 11.2. The van der Waals surface area contributed by atoms with E-state index in [1.54, 1.807) is 24.5 Å². The van der Waals surface area contributed by atoms with Crippen LogP contribution < -0.4 is 0 Å². The molecule has 0 aliphatic carbocycles. The number of carbonyl (C=O) groups is 2. The third kappa shape index (κ3) is 7.15. The second-order valence-corrected chi connectivity index (χ2v) is 7.93. The van der Waals surface area contributed by atoms with E-state index in [2.05, 4.69) is 4.99 Å². The number of aryl methyl sites for hydroxylation is 1. The third-order valence-electron chi connectivity index (χ3n) is 4.47. The van der Waals surface area contributed by atoms with Gasteiger partial charge >= 0.3 is 5.97 Å². The summed E-state index contributed by atoms with van der Waals surface area (Å²) in [5.74, 6) is -0.182. The zero-order chi connectivity index (χ0) is 22.1. The maximum absolute atomic E-state index is 12.6. The van der Waals surface area contributed by atoms with Crippen LogP contribution in [0.25, 0.3) is 0 Å². The molecule has 0 radical (unpaired) electrons. The quantitative estimate of drug-likeness (QED) is 0.299. The van der Waals surface area contributed by atoms with Crippen molar-refractivity contribution in [3.05, 3.63) is 95.4 Å². The molecule has 3 aromatic rings. The van der Waals surface area contributed by atoms with Crippen molar-refractivity contribution in [1.29, 1.82) is 0 Å². The summed E-state index contributed by atoms with van der Waals surface area (Å²) in [6, 6.07) is 20.8. The number of nitrogens with zero attached hydrogens (tertiary/aromatic N) is 2. The van der Waals surface area contributed by atoms with E-state index < -0.39 is 5.97 Å². The fourth-order valence-electron chi connectivity index (χ4n) is 2.91. The van der Waals surface area contributed by atoms with E-state index in [-0.39, 0.29) is 18.1 Å². The minimum absolute atomic E-state index is 0.0399. The van der Waals surface area contributed by atoms with Gasteiger partial charge in [0, 0.05) is 12.1 Å². The largest absolute Gasteiger partial charge is 0.480 e. The first-order valence-electron chi connectivity index (χ1n) is 9.81. The van der Waals surface area contributed by atoms with Crippen molar-refractivity contribution in [3.8, 4) is 0 Å². The molecule has 3 rings (SSSR count). The number of benzene rings is 2. The van der Waals surface area contributed by atoms with Gasteiger partial charge in [-0.05, 0) is 24.6 Å². The minimum atomic E-state index is -1.03. The van der Waals surface area contributed by atoms with Crippen molar-refractivity contribution < 1.29 is 19.1 Å². The van der Waals surface area contributed by atoms with Gasteiger partial charge in [-0.1, -0.05) is 71.9 Å². The molecular formula is C24H24N2O4S. The number of ketones is 1. The SMILES string of the molecule is Cc1ccc(CN(Cc2ccco2)/C(=N/CC(=O)O)SCC(=O)c2ccccc2)cc1. The van der Waals surface area contributed by atoms with Crippen LogP contribution in [0.15, 0.2) is 82.4 Å². The van der Waals surface area contributed by atoms with Gasteiger partial charge in [-0.2, -0.15) is 0 Å². The van der Waals surface area contributed by atoms with E-state index in [4.69, 9.17) is 9.52 Å². The van der Waals surface area contributed by atoms with Crippen LogP contribution in [-0.2, 0) is 17.9 Å². The molecule has 7 heteroatoms. The van der Waals surface area contributed by atoms with Gasteiger partial charge in [0.25, 0.3) is 0 Å². The van der Waals surface area contributed by atoms with E-state index in [1.165, 1.54) is 11.8 Å². The highest BCUT2D eigenvalue weighted by Crippen LogP contribution is 2.19. The molecule has 0 aliphatic heterocycles. The predicted molar refractivity (Wildman–Crippen MR) is 122 cm³/mol. The number of aliphatic carboxylic acids is 1. The molecule has 31 heavy (non-hydrogen) atoms. The maximum Gasteiger partial charge on any atom is 0.325 e. The molecule has 0 saturated heterocycles. The number of aliphatic imine (C=N–C) groups is 1. The molecular weight excluding hydrogens is 412 g/mol. The number of furan rings is 1. The number of rotatable bonds is 9. The zero-order valence-electron chi connectivity index (χ0n) is 17.2. The Hall–Kier alpha value is -3.32. The Morgan fingerprint density at radius 2 is 1.74 bits per heavy atom. The fourth-order valence-corrected chi connectivity index (χ4v) is 3.80. The Kier molecular flexibility index (Phi) is 8.06. The molecule has 160 valence electrons. The van der Waals surface area contributed by atoms with Crippen LogP contribution >= 0.6 is 11.8 Å². The van der Waals surface area contributed by atoms with E-state index in [1.807, 2.05) is 60.4 Å². The number of Topliss-reactive ketones (excluding diaryl/α,β-unsaturated/α-hetero) is 1. The summed E-state index contributed by atoms with van der Waals surface area (Å²) in [7, 11) is 0. The normalized spacial score (nSPS) is 11.3. The van der Waals surface area contributed by atoms with Gasteiger partial charge in [0.15, 0.2) is 11.0 Å². The number of carbonyl (C=O) groups excluding carboxylic acids is 1. The molecule has 6 nitrogen and oxygen atoms in total. The summed E-state index contributed by atoms with van der Waals surface area (Å²) >= 11 is 1.24. The first-order chi connectivity index (χ1) is 15.0. The molecule has 0 saturated carbocycles. The number of hydrogen-bond acceptors (Lipinski definition) is 5. The van der Waals surface area contributed by atoms with Crippen molar-refractivity contribution in [3.63, 3.8) is 0 Å². The van der Waals surface area contributed by atoms with Gasteiger partial charge in [0.05, 0.1) is 18.6 Å². The summed E-state index contributed by atoms with van der Waals surface area (Å²) < 4.78 is 5.50. The van der Waals surface area contributed by atoms with Gasteiger partial charge in [-0.25, -0.2) is 0 Å². The van der Waals surface area contributed by atoms with Crippen molar-refractivity contribution in [2.45, 2.75) is 20.0 Å². The summed E-state index contributed by atoms with van der Waals surface area (Å²) in [6.07, 6.45) is 1.60. The van der Waals surface area contributed by atoms with E-state index in [9.17, 15) is 9.59 Å². The van der Waals surface area contributed by atoms with Crippen molar-refractivity contribution in [2.24, 2.45) is 4.99 Å². The Bertz CT molecular complexity index is 1020. The molecule has 1 N–H and O–H groups in total. The molecule has 2 aromatic carbocycles. The van der Waals surface area contributed by atoms with Crippen LogP contribution in [0, 0.1) is 6.92 Å². The Balaban J connectivity index is 1.82. The Morgan fingerprint density at radius 1 is 1.00 bits per heavy atom. The first kappa shape index (κ1) is 22.4. The predicted octanol–water partition coefficient (Wildman–Crippen LogP) is 4.65. The number of amidine groups is 1. The number of hydrogen-bond donors (Lipinski definition) is 1. The van der Waals surface area contributed by atoms with Gasteiger partial charge in [-0.15, -0.1) is 0 Å². The van der Waals surface area contributed by atoms with Gasteiger partial charge in [0.2, 0.25) is 0 Å². The first-order valence-corrected chi connectivity index (χ1v) is 10.8. The van der Waals surface area contributed by atoms with Crippen LogP contribution in [0.5, 0.6) is 0 Å².